The van der Waals surface area contributed by atoms with Gasteiger partial charge in [0.25, 0.3) is 5.56 Å². The highest BCUT2D eigenvalue weighted by Gasteiger charge is 2.16. The van der Waals surface area contributed by atoms with Gasteiger partial charge in [0.05, 0.1) is 16.7 Å². The third-order valence-corrected chi connectivity index (χ3v) is 5.88. The third-order valence-electron chi connectivity index (χ3n) is 4.47. The number of benzene rings is 2. The van der Waals surface area contributed by atoms with Crippen molar-refractivity contribution in [3.63, 3.8) is 0 Å². The van der Waals surface area contributed by atoms with E-state index in [-0.39, 0.29) is 5.56 Å². The summed E-state index contributed by atoms with van der Waals surface area (Å²) in [5.41, 5.74) is 1.53. The molecule has 5 aromatic rings. The number of hydrogen-bond acceptors (Lipinski definition) is 7. The SMILES string of the molecule is Cn1c(=O)c2ccccc2n2c(SCc3nc(-c4cccc(Br)c4)no3)nnc12. The Labute approximate surface area is 176 Å². The summed E-state index contributed by atoms with van der Waals surface area (Å²) in [5, 5.41) is 13.8. The van der Waals surface area contributed by atoms with E-state index < -0.39 is 0 Å². The van der Waals surface area contributed by atoms with Crippen molar-refractivity contribution in [2.24, 2.45) is 7.05 Å². The molecule has 29 heavy (non-hydrogen) atoms. The number of rotatable bonds is 4. The van der Waals surface area contributed by atoms with Crippen LogP contribution in [0.1, 0.15) is 5.89 Å². The molecule has 0 radical (unpaired) electrons. The Bertz CT molecular complexity index is 1420. The van der Waals surface area contributed by atoms with Crippen molar-refractivity contribution in [1.82, 2.24) is 29.3 Å². The van der Waals surface area contributed by atoms with Crippen molar-refractivity contribution in [3.8, 4) is 11.4 Å². The molecule has 0 amide bonds. The Morgan fingerprint density at radius 2 is 2.00 bits per heavy atom. The van der Waals surface area contributed by atoms with Gasteiger partial charge in [-0.25, -0.2) is 0 Å². The molecule has 0 N–H and O–H groups in total. The Kier molecular flexibility index (Phi) is 4.44. The van der Waals surface area contributed by atoms with E-state index in [2.05, 4.69) is 36.3 Å². The molecule has 0 atom stereocenters. The van der Waals surface area contributed by atoms with Crippen molar-refractivity contribution in [1.29, 1.82) is 0 Å². The number of halogens is 1. The standard InChI is InChI=1S/C19H13BrN6O2S/c1-25-17(27)13-7-2-3-8-14(13)26-18(25)22-23-19(26)29-10-15-21-16(24-28-15)11-5-4-6-12(20)9-11/h2-9H,10H2,1H3. The Balaban J connectivity index is 1.49. The normalized spacial score (nSPS) is 11.5. The summed E-state index contributed by atoms with van der Waals surface area (Å²) in [7, 11) is 1.69. The topological polar surface area (TPSA) is 91.1 Å². The van der Waals surface area contributed by atoms with Gasteiger partial charge in [-0.1, -0.05) is 57.1 Å². The van der Waals surface area contributed by atoms with Crippen LogP contribution < -0.4 is 5.56 Å². The van der Waals surface area contributed by atoms with Crippen molar-refractivity contribution in [2.45, 2.75) is 10.9 Å². The molecule has 8 nitrogen and oxygen atoms in total. The molecular formula is C19H13BrN6O2S. The van der Waals surface area contributed by atoms with Gasteiger partial charge >= 0.3 is 0 Å². The average Bonchev–Trinajstić information content (AvgIpc) is 3.38. The van der Waals surface area contributed by atoms with Crippen molar-refractivity contribution in [3.05, 3.63) is 69.2 Å². The van der Waals surface area contributed by atoms with Crippen LogP contribution in [0, 0.1) is 0 Å². The largest absolute Gasteiger partial charge is 0.338 e. The molecule has 5 rings (SSSR count). The lowest BCUT2D eigenvalue weighted by Gasteiger charge is -2.06. The monoisotopic (exact) mass is 468 g/mol. The summed E-state index contributed by atoms with van der Waals surface area (Å²) in [6.45, 7) is 0. The van der Waals surface area contributed by atoms with Gasteiger partial charge in [0.15, 0.2) is 5.16 Å². The highest BCUT2D eigenvalue weighted by molar-refractivity contribution is 9.10. The minimum absolute atomic E-state index is 0.104. The van der Waals surface area contributed by atoms with Crippen LogP contribution in [0.3, 0.4) is 0 Å². The summed E-state index contributed by atoms with van der Waals surface area (Å²) in [6, 6.07) is 15.1. The molecule has 0 aliphatic carbocycles. The molecule has 0 saturated carbocycles. The van der Waals surface area contributed by atoms with Crippen LogP contribution in [0.2, 0.25) is 0 Å². The van der Waals surface area contributed by atoms with Crippen LogP contribution in [0.15, 0.2) is 67.5 Å². The zero-order valence-electron chi connectivity index (χ0n) is 15.1. The maximum Gasteiger partial charge on any atom is 0.262 e. The molecule has 2 aromatic carbocycles. The van der Waals surface area contributed by atoms with E-state index in [4.69, 9.17) is 4.52 Å². The fourth-order valence-corrected chi connectivity index (χ4v) is 4.27. The third kappa shape index (κ3) is 3.14. The number of aryl methyl sites for hydroxylation is 1. The first-order valence-electron chi connectivity index (χ1n) is 8.66. The fourth-order valence-electron chi connectivity index (χ4n) is 3.09. The molecule has 0 aliphatic heterocycles. The van der Waals surface area contributed by atoms with Gasteiger partial charge in [0.1, 0.15) is 0 Å². The second-order valence-electron chi connectivity index (χ2n) is 6.31. The molecule has 0 unspecified atom stereocenters. The molecule has 0 aliphatic rings. The highest BCUT2D eigenvalue weighted by Crippen LogP contribution is 2.25. The Morgan fingerprint density at radius 1 is 1.14 bits per heavy atom. The summed E-state index contributed by atoms with van der Waals surface area (Å²) in [5.74, 6) is 1.92. The lowest BCUT2D eigenvalue weighted by molar-refractivity contribution is 0.391. The predicted molar refractivity (Wildman–Crippen MR) is 113 cm³/mol. The smallest absolute Gasteiger partial charge is 0.262 e. The minimum atomic E-state index is -0.104. The Morgan fingerprint density at radius 3 is 2.86 bits per heavy atom. The number of para-hydroxylation sites is 1. The van der Waals surface area contributed by atoms with E-state index in [0.29, 0.717) is 33.8 Å². The van der Waals surface area contributed by atoms with Crippen molar-refractivity contribution >= 4 is 44.4 Å². The van der Waals surface area contributed by atoms with E-state index in [0.717, 1.165) is 15.6 Å². The van der Waals surface area contributed by atoms with Crippen molar-refractivity contribution in [2.75, 3.05) is 0 Å². The fraction of sp³-hybridized carbons (Fsp3) is 0.105. The molecule has 3 heterocycles. The maximum atomic E-state index is 12.5. The van der Waals surface area contributed by atoms with Gasteiger partial charge in [-0.05, 0) is 24.3 Å². The zero-order valence-corrected chi connectivity index (χ0v) is 17.5. The summed E-state index contributed by atoms with van der Waals surface area (Å²) >= 11 is 4.86. The van der Waals surface area contributed by atoms with Crippen molar-refractivity contribution < 1.29 is 4.52 Å². The molecule has 10 heteroatoms. The predicted octanol–water partition coefficient (Wildman–Crippen LogP) is 3.69. The van der Waals surface area contributed by atoms with E-state index in [1.807, 2.05) is 46.9 Å². The number of thioether (sulfide) groups is 1. The van der Waals surface area contributed by atoms with Gasteiger partial charge in [-0.15, -0.1) is 10.2 Å². The maximum absolute atomic E-state index is 12.5. The van der Waals surface area contributed by atoms with E-state index >= 15 is 0 Å². The average molecular weight is 469 g/mol. The molecule has 0 fully saturated rings. The minimum Gasteiger partial charge on any atom is -0.338 e. The summed E-state index contributed by atoms with van der Waals surface area (Å²) < 4.78 is 9.70. The lowest BCUT2D eigenvalue weighted by atomic mass is 10.2. The molecule has 0 spiro atoms. The molecule has 0 saturated heterocycles. The van der Waals surface area contributed by atoms with Crippen LogP contribution >= 0.6 is 27.7 Å². The van der Waals surface area contributed by atoms with Crippen LogP contribution in [-0.4, -0.2) is 29.3 Å². The first-order chi connectivity index (χ1) is 14.1. The van der Waals surface area contributed by atoms with Gasteiger partial charge in [0.2, 0.25) is 17.5 Å². The van der Waals surface area contributed by atoms with Crippen LogP contribution in [0.5, 0.6) is 0 Å². The molecule has 3 aromatic heterocycles. The number of nitrogens with zero attached hydrogens (tertiary/aromatic N) is 6. The van der Waals surface area contributed by atoms with Gasteiger partial charge in [-0.3, -0.25) is 13.8 Å². The molecule has 0 bridgehead atoms. The first kappa shape index (κ1) is 18.1. The van der Waals surface area contributed by atoms with Gasteiger partial charge in [-0.2, -0.15) is 4.98 Å². The lowest BCUT2D eigenvalue weighted by Crippen LogP contribution is -2.20. The summed E-state index contributed by atoms with van der Waals surface area (Å²) in [6.07, 6.45) is 0. The van der Waals surface area contributed by atoms with Crippen LogP contribution in [-0.2, 0) is 12.8 Å². The van der Waals surface area contributed by atoms with Gasteiger partial charge < -0.3 is 4.52 Å². The second kappa shape index (κ2) is 7.12. The Hall–Kier alpha value is -2.98. The summed E-state index contributed by atoms with van der Waals surface area (Å²) in [4.78, 5) is 17.0. The molecular weight excluding hydrogens is 456 g/mol. The number of aromatic nitrogens is 6. The van der Waals surface area contributed by atoms with Gasteiger partial charge in [0, 0.05) is 17.1 Å². The van der Waals surface area contributed by atoms with E-state index in [9.17, 15) is 4.79 Å². The van der Waals surface area contributed by atoms with Crippen LogP contribution in [0.25, 0.3) is 28.1 Å². The zero-order chi connectivity index (χ0) is 20.0. The van der Waals surface area contributed by atoms with E-state index in [1.165, 1.54) is 16.3 Å². The first-order valence-corrected chi connectivity index (χ1v) is 10.4. The molecule has 144 valence electrons. The van der Waals surface area contributed by atoms with E-state index in [1.54, 1.807) is 13.1 Å². The number of hydrogen-bond donors (Lipinski definition) is 0. The highest BCUT2D eigenvalue weighted by atomic mass is 79.9. The second-order valence-corrected chi connectivity index (χ2v) is 8.17. The number of fused-ring (bicyclic) bond motifs is 3. The quantitative estimate of drug-likeness (QED) is 0.371. The van der Waals surface area contributed by atoms with Crippen LogP contribution in [0.4, 0.5) is 0 Å².